The van der Waals surface area contributed by atoms with Crippen LogP contribution in [0.15, 0.2) is 22.8 Å². The van der Waals surface area contributed by atoms with Gasteiger partial charge >= 0.3 is 5.97 Å². The fourth-order valence-corrected chi connectivity index (χ4v) is 2.15. The van der Waals surface area contributed by atoms with Gasteiger partial charge in [-0.25, -0.2) is 4.79 Å². The van der Waals surface area contributed by atoms with E-state index in [9.17, 15) is 4.79 Å². The zero-order chi connectivity index (χ0) is 11.0. The van der Waals surface area contributed by atoms with Crippen molar-refractivity contribution < 1.29 is 9.53 Å². The summed E-state index contributed by atoms with van der Waals surface area (Å²) in [6.07, 6.45) is 1.59. The zero-order valence-electron chi connectivity index (χ0n) is 7.80. The van der Waals surface area contributed by atoms with Crippen molar-refractivity contribution in [1.29, 1.82) is 0 Å². The summed E-state index contributed by atoms with van der Waals surface area (Å²) in [7, 11) is 1.34. The van der Waals surface area contributed by atoms with Gasteiger partial charge in [0.1, 0.15) is 0 Å². The van der Waals surface area contributed by atoms with Crippen LogP contribution in [-0.2, 0) is 4.74 Å². The van der Waals surface area contributed by atoms with Crippen molar-refractivity contribution >= 4 is 44.4 Å². The number of esters is 1. The van der Waals surface area contributed by atoms with Crippen LogP contribution in [0, 0.1) is 0 Å². The molecule has 0 spiro atoms. The van der Waals surface area contributed by atoms with Crippen LogP contribution in [0.1, 0.15) is 10.4 Å². The molecule has 0 aliphatic carbocycles. The SMILES string of the molecule is COC(=O)c1c[nH]c2c(Br)ccc(Cl)c12. The van der Waals surface area contributed by atoms with Crippen molar-refractivity contribution in [2.24, 2.45) is 0 Å². The van der Waals surface area contributed by atoms with Crippen molar-refractivity contribution in [3.05, 3.63) is 33.4 Å². The number of halogens is 2. The highest BCUT2D eigenvalue weighted by molar-refractivity contribution is 9.10. The number of aromatic amines is 1. The van der Waals surface area contributed by atoms with E-state index >= 15 is 0 Å². The van der Waals surface area contributed by atoms with Crippen LogP contribution in [0.4, 0.5) is 0 Å². The van der Waals surface area contributed by atoms with E-state index in [1.807, 2.05) is 6.07 Å². The molecule has 1 aromatic carbocycles. The molecule has 0 saturated carbocycles. The van der Waals surface area contributed by atoms with Gasteiger partial charge in [-0.1, -0.05) is 11.6 Å². The van der Waals surface area contributed by atoms with Crippen LogP contribution < -0.4 is 0 Å². The second kappa shape index (κ2) is 3.87. The number of hydrogen-bond donors (Lipinski definition) is 1. The molecule has 0 fully saturated rings. The second-order valence-electron chi connectivity index (χ2n) is 2.97. The summed E-state index contributed by atoms with van der Waals surface area (Å²) < 4.78 is 5.52. The maximum atomic E-state index is 11.4. The number of carbonyl (C=O) groups excluding carboxylic acids is 1. The molecule has 0 aliphatic rings. The Bertz CT molecular complexity index is 535. The second-order valence-corrected chi connectivity index (χ2v) is 4.23. The first-order valence-electron chi connectivity index (χ1n) is 4.18. The maximum absolute atomic E-state index is 11.4. The molecular weight excluding hydrogens is 281 g/mol. The highest BCUT2D eigenvalue weighted by Crippen LogP contribution is 2.32. The van der Waals surface area contributed by atoms with Gasteiger partial charge in [0.05, 0.1) is 23.2 Å². The van der Waals surface area contributed by atoms with Crippen LogP contribution in [0.2, 0.25) is 5.02 Å². The average molecular weight is 289 g/mol. The lowest BCUT2D eigenvalue weighted by molar-refractivity contribution is 0.0603. The highest BCUT2D eigenvalue weighted by Gasteiger charge is 2.16. The third-order valence-electron chi connectivity index (χ3n) is 2.14. The van der Waals surface area contributed by atoms with Gasteiger partial charge in [0, 0.05) is 16.1 Å². The van der Waals surface area contributed by atoms with Crippen molar-refractivity contribution in [1.82, 2.24) is 4.98 Å². The van der Waals surface area contributed by atoms with Gasteiger partial charge in [0.25, 0.3) is 0 Å². The van der Waals surface area contributed by atoms with Gasteiger partial charge in [0.15, 0.2) is 0 Å². The van der Waals surface area contributed by atoms with E-state index in [0.29, 0.717) is 16.0 Å². The molecule has 1 aromatic heterocycles. The first-order valence-corrected chi connectivity index (χ1v) is 5.35. The molecule has 2 aromatic rings. The first-order chi connectivity index (χ1) is 7.15. The maximum Gasteiger partial charge on any atom is 0.340 e. The Labute approximate surface area is 99.5 Å². The molecule has 0 amide bonds. The standard InChI is InChI=1S/C10H7BrClNO2/c1-15-10(14)5-4-13-9-6(11)2-3-7(12)8(5)9/h2-4,13H,1H3. The summed E-state index contributed by atoms with van der Waals surface area (Å²) in [5, 5.41) is 1.20. The summed E-state index contributed by atoms with van der Waals surface area (Å²) >= 11 is 9.40. The van der Waals surface area contributed by atoms with E-state index in [4.69, 9.17) is 11.6 Å². The highest BCUT2D eigenvalue weighted by atomic mass is 79.9. The van der Waals surface area contributed by atoms with Gasteiger partial charge < -0.3 is 9.72 Å². The smallest absolute Gasteiger partial charge is 0.340 e. The van der Waals surface area contributed by atoms with Gasteiger partial charge in [0.2, 0.25) is 0 Å². The van der Waals surface area contributed by atoms with E-state index in [2.05, 4.69) is 25.7 Å². The number of hydrogen-bond acceptors (Lipinski definition) is 2. The Morgan fingerprint density at radius 3 is 2.93 bits per heavy atom. The Kier molecular flexibility index (Phi) is 2.71. The van der Waals surface area contributed by atoms with E-state index in [0.717, 1.165) is 9.99 Å². The number of ether oxygens (including phenoxy) is 1. The van der Waals surface area contributed by atoms with Crippen molar-refractivity contribution in [3.8, 4) is 0 Å². The summed E-state index contributed by atoms with van der Waals surface area (Å²) in [6.45, 7) is 0. The summed E-state index contributed by atoms with van der Waals surface area (Å²) in [5.41, 5.74) is 1.24. The predicted octanol–water partition coefficient (Wildman–Crippen LogP) is 3.37. The number of nitrogens with one attached hydrogen (secondary N) is 1. The van der Waals surface area contributed by atoms with Crippen LogP contribution in [-0.4, -0.2) is 18.1 Å². The summed E-state index contributed by atoms with van der Waals surface area (Å²) in [4.78, 5) is 14.4. The molecule has 78 valence electrons. The van der Waals surface area contributed by atoms with Gasteiger partial charge in [-0.3, -0.25) is 0 Å². The predicted molar refractivity (Wildman–Crippen MR) is 62.3 cm³/mol. The van der Waals surface area contributed by atoms with Crippen molar-refractivity contribution in [3.63, 3.8) is 0 Å². The van der Waals surface area contributed by atoms with Gasteiger partial charge in [-0.2, -0.15) is 0 Å². The third-order valence-corrected chi connectivity index (χ3v) is 3.11. The summed E-state index contributed by atoms with van der Waals surface area (Å²) in [5.74, 6) is -0.402. The van der Waals surface area contributed by atoms with Crippen molar-refractivity contribution in [2.75, 3.05) is 7.11 Å². The number of carbonyl (C=O) groups is 1. The fraction of sp³-hybridized carbons (Fsp3) is 0.100. The van der Waals surface area contributed by atoms with Gasteiger partial charge in [-0.15, -0.1) is 0 Å². The Hall–Kier alpha value is -1.00. The molecule has 0 saturated heterocycles. The number of aromatic nitrogens is 1. The minimum absolute atomic E-state index is 0.402. The summed E-state index contributed by atoms with van der Waals surface area (Å²) in [6, 6.07) is 3.55. The number of methoxy groups -OCH3 is 1. The van der Waals surface area contributed by atoms with E-state index in [1.54, 1.807) is 12.3 Å². The monoisotopic (exact) mass is 287 g/mol. The molecule has 0 radical (unpaired) electrons. The lowest BCUT2D eigenvalue weighted by atomic mass is 10.2. The molecule has 0 unspecified atom stereocenters. The molecule has 5 heteroatoms. The van der Waals surface area contributed by atoms with Crippen LogP contribution in [0.5, 0.6) is 0 Å². The Balaban J connectivity index is 2.79. The van der Waals surface area contributed by atoms with Crippen LogP contribution in [0.3, 0.4) is 0 Å². The molecule has 0 atom stereocenters. The average Bonchev–Trinajstić information content (AvgIpc) is 2.68. The minimum Gasteiger partial charge on any atom is -0.465 e. The lowest BCUT2D eigenvalue weighted by Gasteiger charge is -2.00. The molecule has 2 rings (SSSR count). The molecule has 0 bridgehead atoms. The van der Waals surface area contributed by atoms with E-state index in [1.165, 1.54) is 7.11 Å². The number of H-pyrrole nitrogens is 1. The molecule has 0 aliphatic heterocycles. The third kappa shape index (κ3) is 1.64. The molecular formula is C10H7BrClNO2. The molecule has 15 heavy (non-hydrogen) atoms. The Morgan fingerprint density at radius 1 is 1.53 bits per heavy atom. The van der Waals surface area contributed by atoms with E-state index in [-0.39, 0.29) is 0 Å². The fourth-order valence-electron chi connectivity index (χ4n) is 1.44. The van der Waals surface area contributed by atoms with Crippen LogP contribution >= 0.6 is 27.5 Å². The van der Waals surface area contributed by atoms with Gasteiger partial charge in [-0.05, 0) is 28.1 Å². The zero-order valence-corrected chi connectivity index (χ0v) is 10.1. The quantitative estimate of drug-likeness (QED) is 0.818. The largest absolute Gasteiger partial charge is 0.465 e. The molecule has 1 N–H and O–H groups in total. The van der Waals surface area contributed by atoms with Crippen molar-refractivity contribution in [2.45, 2.75) is 0 Å². The Morgan fingerprint density at radius 2 is 2.27 bits per heavy atom. The molecule has 1 heterocycles. The topological polar surface area (TPSA) is 42.1 Å². The normalized spacial score (nSPS) is 10.6. The van der Waals surface area contributed by atoms with Crippen LogP contribution in [0.25, 0.3) is 10.9 Å². The van der Waals surface area contributed by atoms with E-state index < -0.39 is 5.97 Å². The minimum atomic E-state index is -0.402. The number of rotatable bonds is 1. The number of benzene rings is 1. The lowest BCUT2D eigenvalue weighted by Crippen LogP contribution is -1.99. The molecule has 3 nitrogen and oxygen atoms in total. The first kappa shape index (κ1) is 10.5. The number of fused-ring (bicyclic) bond motifs is 1.